The maximum atomic E-state index is 5.88. The van der Waals surface area contributed by atoms with Gasteiger partial charge < -0.3 is 5.32 Å². The molecule has 0 fully saturated rings. The van der Waals surface area contributed by atoms with Crippen LogP contribution in [0.1, 0.15) is 23.4 Å². The zero-order valence-corrected chi connectivity index (χ0v) is 14.5. The molecule has 2 rings (SSSR count). The van der Waals surface area contributed by atoms with Gasteiger partial charge in [0.2, 0.25) is 0 Å². The maximum Gasteiger partial charge on any atom is 0.0843 e. The monoisotopic (exact) mass is 407 g/mol. The first kappa shape index (κ1) is 14.5. The van der Waals surface area contributed by atoms with Gasteiger partial charge in [-0.2, -0.15) is 0 Å². The summed E-state index contributed by atoms with van der Waals surface area (Å²) in [5.41, 5.74) is 1.24. The van der Waals surface area contributed by atoms with E-state index in [9.17, 15) is 0 Å². The van der Waals surface area contributed by atoms with Gasteiger partial charge >= 0.3 is 0 Å². The summed E-state index contributed by atoms with van der Waals surface area (Å²) in [5.74, 6) is 0. The van der Waals surface area contributed by atoms with Gasteiger partial charge in [0.15, 0.2) is 0 Å². The molecule has 1 nitrogen and oxygen atoms in total. The van der Waals surface area contributed by atoms with Crippen molar-refractivity contribution in [2.75, 3.05) is 0 Å². The van der Waals surface area contributed by atoms with E-state index in [1.807, 2.05) is 12.1 Å². The van der Waals surface area contributed by atoms with Crippen molar-refractivity contribution in [2.45, 2.75) is 19.5 Å². The summed E-state index contributed by atoms with van der Waals surface area (Å²) in [6.45, 7) is 3.01. The molecule has 1 atom stereocenters. The predicted octanol–water partition coefficient (Wildman–Crippen LogP) is 5.78. The standard InChI is InChI=1S/C13H12Br2ClNS/c1-8(9-2-4-10(16)5-3-9)17-7-11-6-12(14)13(15)18-11/h2-6,8,17H,7H2,1H3/t8-/m1/s1. The summed E-state index contributed by atoms with van der Waals surface area (Å²) in [6.07, 6.45) is 0. The summed E-state index contributed by atoms with van der Waals surface area (Å²) in [7, 11) is 0. The number of benzene rings is 1. The zero-order valence-electron chi connectivity index (χ0n) is 9.71. The first-order valence-corrected chi connectivity index (χ1v) is 8.27. The van der Waals surface area contributed by atoms with Crippen LogP contribution >= 0.6 is 54.8 Å². The molecule has 0 saturated carbocycles. The fourth-order valence-corrected chi connectivity index (χ4v) is 3.86. The third kappa shape index (κ3) is 3.81. The van der Waals surface area contributed by atoms with E-state index < -0.39 is 0 Å². The van der Waals surface area contributed by atoms with Gasteiger partial charge in [0.25, 0.3) is 0 Å². The van der Waals surface area contributed by atoms with Crippen LogP contribution in [0.15, 0.2) is 38.6 Å². The van der Waals surface area contributed by atoms with E-state index >= 15 is 0 Å². The molecule has 18 heavy (non-hydrogen) atoms. The SMILES string of the molecule is C[C@@H](NCc1cc(Br)c(Br)s1)c1ccc(Cl)cc1. The molecule has 0 aliphatic heterocycles. The third-order valence-corrected chi connectivity index (χ3v) is 6.16. The van der Waals surface area contributed by atoms with Crippen molar-refractivity contribution < 1.29 is 0 Å². The second-order valence-corrected chi connectivity index (χ2v) is 7.73. The largest absolute Gasteiger partial charge is 0.305 e. The Kier molecular flexibility index (Phi) is 5.27. The van der Waals surface area contributed by atoms with Crippen LogP contribution in [-0.2, 0) is 6.54 Å². The minimum atomic E-state index is 0.307. The third-order valence-electron chi connectivity index (χ3n) is 2.65. The highest BCUT2D eigenvalue weighted by atomic mass is 79.9. The van der Waals surface area contributed by atoms with E-state index in [2.05, 4.69) is 62.3 Å². The minimum absolute atomic E-state index is 0.307. The topological polar surface area (TPSA) is 12.0 Å². The van der Waals surface area contributed by atoms with Gasteiger partial charge in [0.1, 0.15) is 0 Å². The van der Waals surface area contributed by atoms with Crippen LogP contribution in [-0.4, -0.2) is 0 Å². The van der Waals surface area contributed by atoms with Gasteiger partial charge in [0, 0.05) is 27.0 Å². The van der Waals surface area contributed by atoms with Crippen molar-refractivity contribution in [1.82, 2.24) is 5.32 Å². The lowest BCUT2D eigenvalue weighted by Crippen LogP contribution is -2.17. The zero-order chi connectivity index (χ0) is 13.1. The smallest absolute Gasteiger partial charge is 0.0843 e. The highest BCUT2D eigenvalue weighted by molar-refractivity contribution is 9.13. The molecule has 0 spiro atoms. The molecule has 0 aliphatic rings. The number of hydrogen-bond donors (Lipinski definition) is 1. The Morgan fingerprint density at radius 3 is 2.50 bits per heavy atom. The van der Waals surface area contributed by atoms with E-state index in [1.165, 1.54) is 10.4 Å². The summed E-state index contributed by atoms with van der Waals surface area (Å²) in [5, 5.41) is 4.28. The molecular weight excluding hydrogens is 397 g/mol. The Morgan fingerprint density at radius 1 is 1.28 bits per heavy atom. The van der Waals surface area contributed by atoms with Gasteiger partial charge in [-0.15, -0.1) is 11.3 Å². The van der Waals surface area contributed by atoms with Crippen molar-refractivity contribution in [2.24, 2.45) is 0 Å². The highest BCUT2D eigenvalue weighted by Gasteiger charge is 2.07. The number of rotatable bonds is 4. The fourth-order valence-electron chi connectivity index (χ4n) is 1.60. The average Bonchev–Trinajstić information content (AvgIpc) is 2.67. The summed E-state index contributed by atoms with van der Waals surface area (Å²) in [6, 6.07) is 10.4. The number of nitrogens with one attached hydrogen (secondary N) is 1. The van der Waals surface area contributed by atoms with Gasteiger partial charge in [-0.05, 0) is 62.5 Å². The summed E-state index contributed by atoms with van der Waals surface area (Å²) in [4.78, 5) is 1.30. The van der Waals surface area contributed by atoms with Crippen LogP contribution in [0.25, 0.3) is 0 Å². The van der Waals surface area contributed by atoms with E-state index in [4.69, 9.17) is 11.6 Å². The molecule has 5 heteroatoms. The van der Waals surface area contributed by atoms with Gasteiger partial charge in [0.05, 0.1) is 3.79 Å². The second-order valence-electron chi connectivity index (χ2n) is 3.99. The van der Waals surface area contributed by atoms with Crippen molar-refractivity contribution in [3.63, 3.8) is 0 Å². The molecule has 0 amide bonds. The van der Waals surface area contributed by atoms with Crippen LogP contribution in [0.5, 0.6) is 0 Å². The van der Waals surface area contributed by atoms with Crippen LogP contribution in [0.3, 0.4) is 0 Å². The highest BCUT2D eigenvalue weighted by Crippen LogP contribution is 2.32. The maximum absolute atomic E-state index is 5.88. The van der Waals surface area contributed by atoms with Gasteiger partial charge in [-0.25, -0.2) is 0 Å². The molecule has 96 valence electrons. The average molecular weight is 410 g/mol. The number of thiophene rings is 1. The van der Waals surface area contributed by atoms with Crippen LogP contribution in [0.4, 0.5) is 0 Å². The molecule has 0 saturated heterocycles. The second kappa shape index (κ2) is 6.53. The Labute approximate surface area is 133 Å². The first-order chi connectivity index (χ1) is 8.56. The van der Waals surface area contributed by atoms with Gasteiger partial charge in [-0.3, -0.25) is 0 Å². The Balaban J connectivity index is 1.95. The summed E-state index contributed by atoms with van der Waals surface area (Å²) < 4.78 is 2.25. The Bertz CT molecular complexity index is 505. The van der Waals surface area contributed by atoms with Crippen molar-refractivity contribution in [3.05, 3.63) is 54.1 Å². The van der Waals surface area contributed by atoms with E-state index in [0.717, 1.165) is 19.8 Å². The quantitative estimate of drug-likeness (QED) is 0.675. The molecule has 2 aromatic rings. The normalized spacial score (nSPS) is 12.7. The Hall–Kier alpha value is 0.130. The molecule has 1 aromatic carbocycles. The van der Waals surface area contributed by atoms with Crippen LogP contribution in [0.2, 0.25) is 5.02 Å². The van der Waals surface area contributed by atoms with Crippen molar-refractivity contribution in [1.29, 1.82) is 0 Å². The molecule has 1 aromatic heterocycles. The Morgan fingerprint density at radius 2 is 1.94 bits per heavy atom. The lowest BCUT2D eigenvalue weighted by Gasteiger charge is -2.13. The molecular formula is C13H12Br2ClNS. The molecule has 0 bridgehead atoms. The molecule has 1 heterocycles. The lowest BCUT2D eigenvalue weighted by atomic mass is 10.1. The van der Waals surface area contributed by atoms with Crippen molar-refractivity contribution >= 4 is 54.8 Å². The molecule has 0 aliphatic carbocycles. The molecule has 0 radical (unpaired) electrons. The molecule has 0 unspecified atom stereocenters. The number of halogens is 3. The van der Waals surface area contributed by atoms with Crippen LogP contribution < -0.4 is 5.32 Å². The van der Waals surface area contributed by atoms with E-state index in [1.54, 1.807) is 11.3 Å². The first-order valence-electron chi connectivity index (χ1n) is 5.49. The molecule has 1 N–H and O–H groups in total. The predicted molar refractivity (Wildman–Crippen MR) is 86.4 cm³/mol. The van der Waals surface area contributed by atoms with E-state index in [0.29, 0.717) is 6.04 Å². The minimum Gasteiger partial charge on any atom is -0.305 e. The summed E-state index contributed by atoms with van der Waals surface area (Å²) >= 11 is 14.6. The number of hydrogen-bond acceptors (Lipinski definition) is 2. The fraction of sp³-hybridized carbons (Fsp3) is 0.231. The van der Waals surface area contributed by atoms with E-state index in [-0.39, 0.29) is 0 Å². The lowest BCUT2D eigenvalue weighted by molar-refractivity contribution is 0.579. The van der Waals surface area contributed by atoms with Crippen molar-refractivity contribution in [3.8, 4) is 0 Å². The van der Waals surface area contributed by atoms with Crippen LogP contribution in [0, 0.1) is 0 Å². The van der Waals surface area contributed by atoms with Gasteiger partial charge in [-0.1, -0.05) is 23.7 Å².